The molecule has 3 rings (SSSR count). The zero-order valence-electron chi connectivity index (χ0n) is 14.0. The molecule has 1 amide bonds. The monoisotopic (exact) mass is 422 g/mol. The molecule has 0 aliphatic rings. The third kappa shape index (κ3) is 4.12. The topological polar surface area (TPSA) is 164 Å². The number of hydrogen-bond donors (Lipinski definition) is 4. The van der Waals surface area contributed by atoms with Crippen LogP contribution in [0.4, 0.5) is 11.4 Å². The molecule has 0 atom stereocenters. The number of hydrogen-bond acceptors (Lipinski definition) is 6. The fourth-order valence-electron chi connectivity index (χ4n) is 2.58. The van der Waals surface area contributed by atoms with Crippen molar-refractivity contribution in [3.8, 4) is 0 Å². The number of fused-ring (bicyclic) bond motifs is 1. The highest BCUT2D eigenvalue weighted by Gasteiger charge is 2.21. The average Bonchev–Trinajstić information content (AvgIpc) is 2.59. The molecule has 0 bridgehead atoms. The van der Waals surface area contributed by atoms with Crippen molar-refractivity contribution in [1.82, 2.24) is 0 Å². The Labute approximate surface area is 160 Å². The van der Waals surface area contributed by atoms with E-state index in [4.69, 9.17) is 5.73 Å². The zero-order valence-corrected chi connectivity index (χ0v) is 15.7. The van der Waals surface area contributed by atoms with E-state index in [2.05, 4.69) is 5.32 Å². The molecule has 28 heavy (non-hydrogen) atoms. The maximum Gasteiger partial charge on any atom is 0.295 e. The van der Waals surface area contributed by atoms with Gasteiger partial charge in [-0.15, -0.1) is 0 Å². The van der Waals surface area contributed by atoms with Gasteiger partial charge in [0.2, 0.25) is 0 Å². The van der Waals surface area contributed by atoms with Gasteiger partial charge in [-0.25, -0.2) is 0 Å². The maximum absolute atomic E-state index is 12.3. The van der Waals surface area contributed by atoms with E-state index in [9.17, 15) is 30.7 Å². The van der Waals surface area contributed by atoms with Gasteiger partial charge in [0.05, 0.1) is 4.90 Å². The van der Waals surface area contributed by atoms with Crippen molar-refractivity contribution in [1.29, 1.82) is 0 Å². The van der Waals surface area contributed by atoms with Gasteiger partial charge in [-0.05, 0) is 53.9 Å². The number of nitrogens with one attached hydrogen (secondary N) is 1. The van der Waals surface area contributed by atoms with E-state index in [1.54, 1.807) is 12.1 Å². The standard InChI is InChI=1S/C17H14N2O7S2/c18-12-4-1-10(2-5-12)17(20)19-13-6-3-11-7-14(27(21,22)23)9-16(15(11)8-13)28(24,25)26/h1-9H,18H2,(H,19,20)(H,21,22,23)(H,24,25,26). The minimum absolute atomic E-state index is 0.0370. The zero-order chi connectivity index (χ0) is 20.7. The summed E-state index contributed by atoms with van der Waals surface area (Å²) in [5.41, 5.74) is 6.57. The van der Waals surface area contributed by atoms with Crippen LogP contribution in [-0.2, 0) is 20.2 Å². The Bertz CT molecular complexity index is 1300. The molecule has 0 fully saturated rings. The molecular weight excluding hydrogens is 408 g/mol. The summed E-state index contributed by atoms with van der Waals surface area (Å²) in [7, 11) is -9.52. The number of anilines is 2. The molecule has 3 aromatic rings. The van der Waals surface area contributed by atoms with Crippen LogP contribution < -0.4 is 11.1 Å². The Hall–Kier alpha value is -2.99. The summed E-state index contributed by atoms with van der Waals surface area (Å²) in [4.78, 5) is 10.9. The van der Waals surface area contributed by atoms with Crippen LogP contribution in [0.3, 0.4) is 0 Å². The summed E-state index contributed by atoms with van der Waals surface area (Å²) < 4.78 is 64.7. The number of amides is 1. The van der Waals surface area contributed by atoms with Gasteiger partial charge >= 0.3 is 0 Å². The summed E-state index contributed by atoms with van der Waals surface area (Å²) in [6.45, 7) is 0. The Morgan fingerprint density at radius 2 is 1.50 bits per heavy atom. The van der Waals surface area contributed by atoms with E-state index in [0.717, 1.165) is 6.07 Å². The van der Waals surface area contributed by atoms with Crippen LogP contribution in [0.5, 0.6) is 0 Å². The molecule has 146 valence electrons. The summed E-state index contributed by atoms with van der Waals surface area (Å²) in [5, 5.41) is 2.65. The molecule has 11 heteroatoms. The van der Waals surface area contributed by atoms with Crippen molar-refractivity contribution in [2.75, 3.05) is 11.1 Å². The molecule has 0 aromatic heterocycles. The van der Waals surface area contributed by atoms with E-state index in [-0.39, 0.29) is 16.5 Å². The van der Waals surface area contributed by atoms with Gasteiger partial charge < -0.3 is 11.1 Å². The van der Waals surface area contributed by atoms with Crippen molar-refractivity contribution >= 4 is 48.3 Å². The van der Waals surface area contributed by atoms with Crippen LogP contribution in [0.15, 0.2) is 64.4 Å². The van der Waals surface area contributed by atoms with Crippen molar-refractivity contribution in [2.45, 2.75) is 9.79 Å². The Balaban J connectivity index is 2.10. The fraction of sp³-hybridized carbons (Fsp3) is 0. The number of benzene rings is 3. The van der Waals surface area contributed by atoms with E-state index in [0.29, 0.717) is 17.3 Å². The first-order valence-corrected chi connectivity index (χ1v) is 10.5. The first-order valence-electron chi connectivity index (χ1n) is 7.65. The summed E-state index contributed by atoms with van der Waals surface area (Å²) in [6, 6.07) is 11.8. The maximum atomic E-state index is 12.3. The van der Waals surface area contributed by atoms with Crippen molar-refractivity contribution in [3.63, 3.8) is 0 Å². The van der Waals surface area contributed by atoms with Gasteiger partial charge in [0.1, 0.15) is 4.90 Å². The van der Waals surface area contributed by atoms with Crippen LogP contribution in [0, 0.1) is 0 Å². The molecule has 9 nitrogen and oxygen atoms in total. The predicted octanol–water partition coefficient (Wildman–Crippen LogP) is 2.17. The SMILES string of the molecule is Nc1ccc(C(=O)Nc2ccc3cc(S(=O)(=O)O)cc(S(=O)(=O)O)c3c2)cc1. The smallest absolute Gasteiger partial charge is 0.295 e. The van der Waals surface area contributed by atoms with Crippen LogP contribution in [0.1, 0.15) is 10.4 Å². The van der Waals surface area contributed by atoms with Crippen LogP contribution >= 0.6 is 0 Å². The van der Waals surface area contributed by atoms with Gasteiger partial charge in [0.15, 0.2) is 0 Å². The highest BCUT2D eigenvalue weighted by Crippen LogP contribution is 2.29. The molecule has 0 unspecified atom stereocenters. The number of nitrogens with two attached hydrogens (primary N) is 1. The van der Waals surface area contributed by atoms with Gasteiger partial charge in [-0.3, -0.25) is 13.9 Å². The molecule has 5 N–H and O–H groups in total. The quantitative estimate of drug-likeness (QED) is 0.367. The lowest BCUT2D eigenvalue weighted by Gasteiger charge is -2.10. The first-order chi connectivity index (χ1) is 12.9. The molecule has 0 aliphatic heterocycles. The minimum atomic E-state index is -4.82. The minimum Gasteiger partial charge on any atom is -0.399 e. The van der Waals surface area contributed by atoms with Gasteiger partial charge in [-0.1, -0.05) is 6.07 Å². The van der Waals surface area contributed by atoms with Crippen LogP contribution in [-0.4, -0.2) is 31.8 Å². The highest BCUT2D eigenvalue weighted by atomic mass is 32.2. The lowest BCUT2D eigenvalue weighted by Crippen LogP contribution is -2.12. The molecule has 0 aliphatic carbocycles. The average molecular weight is 422 g/mol. The van der Waals surface area contributed by atoms with E-state index in [1.165, 1.54) is 30.3 Å². The second-order valence-corrected chi connectivity index (χ2v) is 8.70. The second kappa shape index (κ2) is 6.87. The Kier molecular flexibility index (Phi) is 4.85. The normalized spacial score (nSPS) is 12.1. The van der Waals surface area contributed by atoms with Crippen LogP contribution in [0.2, 0.25) is 0 Å². The van der Waals surface area contributed by atoms with E-state index >= 15 is 0 Å². The van der Waals surface area contributed by atoms with Gasteiger partial charge in [-0.2, -0.15) is 16.8 Å². The summed E-state index contributed by atoms with van der Waals surface area (Å²) in [6.07, 6.45) is 0. The molecule has 0 saturated carbocycles. The predicted molar refractivity (Wildman–Crippen MR) is 102 cm³/mol. The second-order valence-electron chi connectivity index (χ2n) is 5.88. The Morgan fingerprint density at radius 1 is 0.857 bits per heavy atom. The molecule has 0 radical (unpaired) electrons. The number of carbonyl (C=O) groups excluding carboxylic acids is 1. The third-order valence-corrected chi connectivity index (χ3v) is 5.62. The largest absolute Gasteiger partial charge is 0.399 e. The van der Waals surface area contributed by atoms with E-state index < -0.39 is 35.9 Å². The highest BCUT2D eigenvalue weighted by molar-refractivity contribution is 7.86. The first kappa shape index (κ1) is 19.8. The lowest BCUT2D eigenvalue weighted by molar-refractivity contribution is 0.102. The Morgan fingerprint density at radius 3 is 2.07 bits per heavy atom. The summed E-state index contributed by atoms with van der Waals surface area (Å²) >= 11 is 0. The number of carbonyl (C=O) groups is 1. The molecule has 0 saturated heterocycles. The number of nitrogen functional groups attached to an aromatic ring is 1. The molecular formula is C17H14N2O7S2. The lowest BCUT2D eigenvalue weighted by atomic mass is 10.1. The van der Waals surface area contributed by atoms with Crippen molar-refractivity contribution < 1.29 is 30.7 Å². The third-order valence-electron chi connectivity index (χ3n) is 3.90. The number of rotatable bonds is 4. The molecule has 3 aromatic carbocycles. The van der Waals surface area contributed by atoms with E-state index in [1.807, 2.05) is 0 Å². The molecule has 0 spiro atoms. The fourth-order valence-corrected chi connectivity index (χ4v) is 3.92. The van der Waals surface area contributed by atoms with Crippen LogP contribution in [0.25, 0.3) is 10.8 Å². The molecule has 0 heterocycles. The van der Waals surface area contributed by atoms with Gasteiger partial charge in [0, 0.05) is 22.3 Å². The summed E-state index contributed by atoms with van der Waals surface area (Å²) in [5.74, 6) is -0.484. The van der Waals surface area contributed by atoms with Crippen molar-refractivity contribution in [3.05, 3.63) is 60.2 Å². The van der Waals surface area contributed by atoms with Crippen molar-refractivity contribution in [2.24, 2.45) is 0 Å². The van der Waals surface area contributed by atoms with Gasteiger partial charge in [0.25, 0.3) is 26.1 Å².